The maximum Gasteiger partial charge on any atom is 0.182 e. The van der Waals surface area contributed by atoms with Gasteiger partial charge < -0.3 is 5.32 Å². The predicted molar refractivity (Wildman–Crippen MR) is 62.0 cm³/mol. The second kappa shape index (κ2) is 3.54. The van der Waals surface area contributed by atoms with Crippen molar-refractivity contribution in [3.8, 4) is 0 Å². The Hall–Kier alpha value is -0.570. The number of nitrogens with zero attached hydrogens (tertiary/aromatic N) is 1. The average Bonchev–Trinajstić information content (AvgIpc) is 2.70. The van der Waals surface area contributed by atoms with Crippen molar-refractivity contribution in [3.05, 3.63) is 11.1 Å². The number of anilines is 1. The molecule has 1 fully saturated rings. The van der Waals surface area contributed by atoms with Crippen molar-refractivity contribution in [2.24, 2.45) is 5.92 Å². The van der Waals surface area contributed by atoms with Gasteiger partial charge in [0.25, 0.3) is 0 Å². The molecule has 0 aliphatic heterocycles. The van der Waals surface area contributed by atoms with E-state index in [1.807, 2.05) is 0 Å². The fourth-order valence-electron chi connectivity index (χ4n) is 1.37. The molecule has 3 heteroatoms. The normalized spacial score (nSPS) is 18.6. The maximum absolute atomic E-state index is 4.62. The summed E-state index contributed by atoms with van der Waals surface area (Å²) in [6.45, 7) is 7.74. The molecular formula is C11H18N2S. The number of rotatable bonds is 4. The van der Waals surface area contributed by atoms with E-state index in [-0.39, 0.29) is 0 Å². The minimum Gasteiger partial charge on any atom is -0.361 e. The summed E-state index contributed by atoms with van der Waals surface area (Å²) in [7, 11) is 0. The van der Waals surface area contributed by atoms with Crippen LogP contribution in [0.5, 0.6) is 0 Å². The van der Waals surface area contributed by atoms with Gasteiger partial charge in [-0.3, -0.25) is 0 Å². The summed E-state index contributed by atoms with van der Waals surface area (Å²) in [6, 6.07) is 0. The van der Waals surface area contributed by atoms with Crippen LogP contribution in [0.25, 0.3) is 0 Å². The van der Waals surface area contributed by atoms with Crippen LogP contribution in [0, 0.1) is 5.92 Å². The molecule has 1 aromatic heterocycles. The average molecular weight is 210 g/mol. The molecule has 2 nitrogen and oxygen atoms in total. The Morgan fingerprint density at radius 3 is 2.86 bits per heavy atom. The van der Waals surface area contributed by atoms with Gasteiger partial charge in [-0.2, -0.15) is 0 Å². The zero-order valence-electron chi connectivity index (χ0n) is 9.13. The molecule has 1 aliphatic carbocycles. The van der Waals surface area contributed by atoms with Gasteiger partial charge in [-0.1, -0.05) is 20.8 Å². The third-order valence-electron chi connectivity index (χ3n) is 2.78. The molecule has 0 spiro atoms. The first-order valence-corrected chi connectivity index (χ1v) is 6.18. The van der Waals surface area contributed by atoms with E-state index in [9.17, 15) is 0 Å². The second-order valence-electron chi connectivity index (χ2n) is 4.87. The van der Waals surface area contributed by atoms with E-state index in [4.69, 9.17) is 0 Å². The van der Waals surface area contributed by atoms with E-state index in [1.165, 1.54) is 18.5 Å². The van der Waals surface area contributed by atoms with Gasteiger partial charge in [0.05, 0.1) is 5.69 Å². The second-order valence-corrected chi connectivity index (χ2v) is 5.73. The molecule has 0 atom stereocenters. The Bertz CT molecular complexity index is 313. The van der Waals surface area contributed by atoms with Crippen molar-refractivity contribution >= 4 is 16.5 Å². The summed E-state index contributed by atoms with van der Waals surface area (Å²) >= 11 is 1.74. The maximum atomic E-state index is 4.62. The van der Waals surface area contributed by atoms with E-state index >= 15 is 0 Å². The lowest BCUT2D eigenvalue weighted by molar-refractivity contribution is 0.687. The largest absolute Gasteiger partial charge is 0.361 e. The Kier molecular flexibility index (Phi) is 2.52. The highest BCUT2D eigenvalue weighted by molar-refractivity contribution is 7.13. The van der Waals surface area contributed by atoms with Gasteiger partial charge in [-0.15, -0.1) is 11.3 Å². The monoisotopic (exact) mass is 210 g/mol. The van der Waals surface area contributed by atoms with Crippen LogP contribution in [0.15, 0.2) is 5.38 Å². The molecule has 1 aromatic rings. The first kappa shape index (κ1) is 9.97. The third kappa shape index (κ3) is 2.08. The van der Waals surface area contributed by atoms with Crippen LogP contribution >= 0.6 is 11.3 Å². The summed E-state index contributed by atoms with van der Waals surface area (Å²) in [5.41, 5.74) is 1.70. The fourth-order valence-corrected chi connectivity index (χ4v) is 2.25. The number of hydrogen-bond donors (Lipinski definition) is 1. The van der Waals surface area contributed by atoms with E-state index < -0.39 is 0 Å². The van der Waals surface area contributed by atoms with Crippen molar-refractivity contribution in [2.45, 2.75) is 39.0 Å². The molecule has 0 unspecified atom stereocenters. The molecular weight excluding hydrogens is 192 g/mol. The Morgan fingerprint density at radius 2 is 2.29 bits per heavy atom. The van der Waals surface area contributed by atoms with Crippen LogP contribution in [-0.4, -0.2) is 11.5 Å². The molecule has 0 bridgehead atoms. The summed E-state index contributed by atoms with van der Waals surface area (Å²) in [5, 5.41) is 6.66. The number of nitrogens with one attached hydrogen (secondary N) is 1. The summed E-state index contributed by atoms with van der Waals surface area (Å²) < 4.78 is 0. The van der Waals surface area contributed by atoms with Gasteiger partial charge in [-0.05, 0) is 18.8 Å². The molecule has 1 N–H and O–H groups in total. The number of aromatic nitrogens is 1. The molecule has 14 heavy (non-hydrogen) atoms. The van der Waals surface area contributed by atoms with Gasteiger partial charge >= 0.3 is 0 Å². The zero-order chi connectivity index (χ0) is 10.2. The van der Waals surface area contributed by atoms with Gasteiger partial charge in [0, 0.05) is 17.3 Å². The lowest BCUT2D eigenvalue weighted by Crippen LogP contribution is -2.08. The van der Waals surface area contributed by atoms with Crippen molar-refractivity contribution < 1.29 is 0 Å². The molecule has 0 amide bonds. The zero-order valence-corrected chi connectivity index (χ0v) is 9.95. The van der Waals surface area contributed by atoms with Crippen LogP contribution in [0.2, 0.25) is 0 Å². The number of hydrogen-bond acceptors (Lipinski definition) is 3. The van der Waals surface area contributed by atoms with Crippen LogP contribution in [0.4, 0.5) is 5.13 Å². The van der Waals surface area contributed by atoms with Crippen LogP contribution < -0.4 is 5.32 Å². The Labute approximate surface area is 89.8 Å². The Balaban J connectivity index is 1.96. The van der Waals surface area contributed by atoms with Crippen molar-refractivity contribution in [1.82, 2.24) is 4.98 Å². The summed E-state index contributed by atoms with van der Waals surface area (Å²) in [4.78, 5) is 4.62. The van der Waals surface area contributed by atoms with E-state index in [1.54, 1.807) is 11.3 Å². The van der Waals surface area contributed by atoms with Gasteiger partial charge in [0.1, 0.15) is 0 Å². The quantitative estimate of drug-likeness (QED) is 0.825. The Morgan fingerprint density at radius 1 is 1.57 bits per heavy atom. The molecule has 2 rings (SSSR count). The third-order valence-corrected chi connectivity index (χ3v) is 3.58. The lowest BCUT2D eigenvalue weighted by atomic mass is 10.1. The van der Waals surface area contributed by atoms with E-state index in [0.29, 0.717) is 11.3 Å². The van der Waals surface area contributed by atoms with Gasteiger partial charge in [0.2, 0.25) is 0 Å². The molecule has 1 aliphatic rings. The minimum absolute atomic E-state index is 0.411. The summed E-state index contributed by atoms with van der Waals surface area (Å²) in [5.74, 6) is 0.680. The molecule has 0 radical (unpaired) electrons. The molecule has 0 aromatic carbocycles. The predicted octanol–water partition coefficient (Wildman–Crippen LogP) is 3.26. The molecule has 1 saturated carbocycles. The smallest absolute Gasteiger partial charge is 0.182 e. The first-order valence-electron chi connectivity index (χ1n) is 5.30. The topological polar surface area (TPSA) is 24.9 Å². The van der Waals surface area contributed by atoms with E-state index in [2.05, 4.69) is 36.5 Å². The first-order chi connectivity index (χ1) is 6.60. The van der Waals surface area contributed by atoms with Crippen LogP contribution in [-0.2, 0) is 5.41 Å². The molecule has 0 saturated heterocycles. The highest BCUT2D eigenvalue weighted by Crippen LogP contribution is 2.47. The standard InChI is InChI=1S/C11H18N2S/c1-8(2)6-12-10-13-9(7-14-10)11(3)4-5-11/h7-8H,4-6H2,1-3H3,(H,12,13). The van der Waals surface area contributed by atoms with Gasteiger partial charge in [-0.25, -0.2) is 4.98 Å². The van der Waals surface area contributed by atoms with Gasteiger partial charge in [0.15, 0.2) is 5.13 Å². The number of thiazole rings is 1. The fraction of sp³-hybridized carbons (Fsp3) is 0.727. The highest BCUT2D eigenvalue weighted by atomic mass is 32.1. The SMILES string of the molecule is CC(C)CNc1nc(C2(C)CC2)cs1. The molecule has 78 valence electrons. The minimum atomic E-state index is 0.411. The van der Waals surface area contributed by atoms with Crippen molar-refractivity contribution in [3.63, 3.8) is 0 Å². The van der Waals surface area contributed by atoms with Crippen LogP contribution in [0.3, 0.4) is 0 Å². The van der Waals surface area contributed by atoms with Crippen LogP contribution in [0.1, 0.15) is 39.3 Å². The molecule has 1 heterocycles. The summed E-state index contributed by atoms with van der Waals surface area (Å²) in [6.07, 6.45) is 2.61. The van der Waals surface area contributed by atoms with E-state index in [0.717, 1.165) is 11.7 Å². The van der Waals surface area contributed by atoms with Crippen molar-refractivity contribution in [2.75, 3.05) is 11.9 Å². The lowest BCUT2D eigenvalue weighted by Gasteiger charge is -2.05. The van der Waals surface area contributed by atoms with Crippen molar-refractivity contribution in [1.29, 1.82) is 0 Å². The highest BCUT2D eigenvalue weighted by Gasteiger charge is 2.41.